The molecular formula is C11H16Ba2O6S. The molecule has 1 aromatic carbocycles. The number of carboxylic acids is 1. The molecule has 6 nitrogen and oxygen atoms in total. The molecule has 1 aromatic rings. The first-order chi connectivity index (χ1) is 8.31. The second-order valence-electron chi connectivity index (χ2n) is 3.62. The topological polar surface area (TPSA) is 97.7 Å². The Hall–Kier alpha value is 1.25. The standard InChI is InChI=1S/C11H12O6S.2Ba.4H/c1-8-2-4-9(5-3-8)18(15,16)17-11(14)7-6-10(12)13;;;;;;/h2-5H,6-7H2,1H3,(H,12,13);;;;;;/q;2*+2;4*-1. The van der Waals surface area contributed by atoms with E-state index in [9.17, 15) is 18.0 Å². The first kappa shape index (κ1) is 23.5. The molecule has 0 bridgehead atoms. The van der Waals surface area contributed by atoms with Gasteiger partial charge in [0.1, 0.15) is 4.90 Å². The third-order valence-corrected chi connectivity index (χ3v) is 3.31. The minimum absolute atomic E-state index is 0. The van der Waals surface area contributed by atoms with Crippen molar-refractivity contribution in [3.05, 3.63) is 29.8 Å². The molecule has 1 rings (SSSR count). The summed E-state index contributed by atoms with van der Waals surface area (Å²) in [6, 6.07) is 5.76. The van der Waals surface area contributed by atoms with E-state index in [0.29, 0.717) is 0 Å². The maximum absolute atomic E-state index is 11.6. The van der Waals surface area contributed by atoms with Crippen molar-refractivity contribution in [3.63, 3.8) is 0 Å². The van der Waals surface area contributed by atoms with Crippen LogP contribution in [-0.2, 0) is 23.9 Å². The molecule has 0 unspecified atom stereocenters. The van der Waals surface area contributed by atoms with Gasteiger partial charge in [0.15, 0.2) is 0 Å². The van der Waals surface area contributed by atoms with Crippen molar-refractivity contribution in [1.29, 1.82) is 0 Å². The predicted octanol–water partition coefficient (Wildman–Crippen LogP) is 0.780. The van der Waals surface area contributed by atoms with Gasteiger partial charge in [0, 0.05) is 0 Å². The second kappa shape index (κ2) is 10.9. The minimum atomic E-state index is -4.17. The fourth-order valence-electron chi connectivity index (χ4n) is 1.13. The van der Waals surface area contributed by atoms with Gasteiger partial charge in [-0.05, 0) is 19.1 Å². The molecule has 0 fully saturated rings. The number of carboxylic acid groups (broad SMARTS) is 1. The van der Waals surface area contributed by atoms with Crippen molar-refractivity contribution < 1.29 is 33.0 Å². The summed E-state index contributed by atoms with van der Waals surface area (Å²) in [6.07, 6.45) is -0.956. The molecule has 0 aliphatic carbocycles. The van der Waals surface area contributed by atoms with Crippen molar-refractivity contribution in [2.24, 2.45) is 0 Å². The van der Waals surface area contributed by atoms with E-state index in [2.05, 4.69) is 4.18 Å². The van der Waals surface area contributed by atoms with Crippen LogP contribution < -0.4 is 0 Å². The molecule has 0 aliphatic heterocycles. The Morgan fingerprint density at radius 3 is 2.10 bits per heavy atom. The van der Waals surface area contributed by atoms with Crippen LogP contribution in [0.5, 0.6) is 0 Å². The van der Waals surface area contributed by atoms with Crippen LogP contribution in [0.4, 0.5) is 0 Å². The van der Waals surface area contributed by atoms with Gasteiger partial charge < -0.3 is 15.0 Å². The van der Waals surface area contributed by atoms with E-state index in [1.807, 2.05) is 0 Å². The minimum Gasteiger partial charge on any atom is -1.00 e. The molecule has 0 heterocycles. The molecule has 0 atom stereocenters. The molecular weight excluding hydrogens is 535 g/mol. The number of rotatable bonds is 5. The van der Waals surface area contributed by atoms with Crippen LogP contribution in [-0.4, -0.2) is 123 Å². The van der Waals surface area contributed by atoms with Gasteiger partial charge in [0.2, 0.25) is 0 Å². The van der Waals surface area contributed by atoms with Gasteiger partial charge >= 0.3 is 120 Å². The summed E-state index contributed by atoms with van der Waals surface area (Å²) in [6.45, 7) is 1.79. The number of carbonyl (C=O) groups is 2. The molecule has 0 aromatic heterocycles. The van der Waals surface area contributed by atoms with Crippen LogP contribution >= 0.6 is 0 Å². The third-order valence-electron chi connectivity index (χ3n) is 2.06. The van der Waals surface area contributed by atoms with Crippen LogP contribution in [0, 0.1) is 6.92 Å². The first-order valence-electron chi connectivity index (χ1n) is 5.07. The van der Waals surface area contributed by atoms with Gasteiger partial charge in [0.05, 0.1) is 12.8 Å². The van der Waals surface area contributed by atoms with E-state index in [1.165, 1.54) is 12.1 Å². The van der Waals surface area contributed by atoms with Crippen molar-refractivity contribution >= 4 is 120 Å². The van der Waals surface area contributed by atoms with Crippen LogP contribution in [0.1, 0.15) is 24.1 Å². The Balaban J connectivity index is -0.000000135. The summed E-state index contributed by atoms with van der Waals surface area (Å²) in [5, 5.41) is 8.35. The van der Waals surface area contributed by atoms with Gasteiger partial charge in [0.25, 0.3) is 0 Å². The Morgan fingerprint density at radius 2 is 1.65 bits per heavy atom. The second-order valence-corrected chi connectivity index (χ2v) is 5.16. The van der Waals surface area contributed by atoms with E-state index in [4.69, 9.17) is 5.11 Å². The van der Waals surface area contributed by atoms with Gasteiger partial charge in [-0.2, -0.15) is 8.42 Å². The number of aliphatic carboxylic acids is 1. The molecule has 0 radical (unpaired) electrons. The number of hydrogen-bond donors (Lipinski definition) is 1. The fourth-order valence-corrected chi connectivity index (χ4v) is 2.02. The first-order valence-corrected chi connectivity index (χ1v) is 6.48. The Morgan fingerprint density at radius 1 is 1.15 bits per heavy atom. The number of carbonyl (C=O) groups excluding carboxylic acids is 1. The largest absolute Gasteiger partial charge is 2.00 e. The maximum atomic E-state index is 11.6. The summed E-state index contributed by atoms with van der Waals surface area (Å²) in [7, 11) is -4.17. The van der Waals surface area contributed by atoms with Crippen molar-refractivity contribution in [3.8, 4) is 0 Å². The van der Waals surface area contributed by atoms with Gasteiger partial charge in [-0.25, -0.2) is 0 Å². The van der Waals surface area contributed by atoms with E-state index in [0.717, 1.165) is 5.56 Å². The smallest absolute Gasteiger partial charge is 1.00 e. The summed E-state index contributed by atoms with van der Waals surface area (Å²) < 4.78 is 27.5. The van der Waals surface area contributed by atoms with E-state index in [1.54, 1.807) is 19.1 Å². The molecule has 0 aliphatic rings. The van der Waals surface area contributed by atoms with Gasteiger partial charge in [-0.3, -0.25) is 9.59 Å². The molecule has 0 spiro atoms. The molecule has 0 amide bonds. The van der Waals surface area contributed by atoms with Crippen LogP contribution in [0.3, 0.4) is 0 Å². The van der Waals surface area contributed by atoms with Crippen molar-refractivity contribution in [2.45, 2.75) is 24.7 Å². The van der Waals surface area contributed by atoms with E-state index >= 15 is 0 Å². The zero-order valence-corrected chi connectivity index (χ0v) is 20.7. The summed E-state index contributed by atoms with van der Waals surface area (Å²) in [5.41, 5.74) is 0.867. The molecule has 9 heteroatoms. The van der Waals surface area contributed by atoms with Crippen molar-refractivity contribution in [2.75, 3.05) is 0 Å². The zero-order valence-electron chi connectivity index (χ0n) is 15.0. The molecule has 106 valence electrons. The van der Waals surface area contributed by atoms with Crippen molar-refractivity contribution in [1.82, 2.24) is 0 Å². The van der Waals surface area contributed by atoms with E-state index < -0.39 is 34.9 Å². The average Bonchev–Trinajstić information content (AvgIpc) is 2.26. The molecule has 0 saturated carbocycles. The Labute approximate surface area is 203 Å². The number of aryl methyl sites for hydroxylation is 1. The number of hydrogen-bond acceptors (Lipinski definition) is 5. The monoisotopic (exact) mass is 552 g/mol. The van der Waals surface area contributed by atoms with Crippen LogP contribution in [0.2, 0.25) is 0 Å². The summed E-state index contributed by atoms with van der Waals surface area (Å²) in [5.74, 6) is -2.28. The quantitative estimate of drug-likeness (QED) is 0.430. The number of benzene rings is 1. The van der Waals surface area contributed by atoms with Crippen LogP contribution in [0.25, 0.3) is 0 Å². The summed E-state index contributed by atoms with van der Waals surface area (Å²) >= 11 is 0. The van der Waals surface area contributed by atoms with E-state index in [-0.39, 0.29) is 108 Å². The normalized spacial score (nSPS) is 9.85. The SMILES string of the molecule is Cc1ccc(S(=O)(=O)OC(=O)CCC(=O)O)cc1.[Ba+2].[Ba+2].[H-].[H-].[H-].[H-]. The van der Waals surface area contributed by atoms with Gasteiger partial charge in [-0.1, -0.05) is 17.7 Å². The third kappa shape index (κ3) is 8.64. The zero-order chi connectivity index (χ0) is 13.8. The predicted molar refractivity (Wildman–Crippen MR) is 77.3 cm³/mol. The molecule has 1 N–H and O–H groups in total. The summed E-state index contributed by atoms with van der Waals surface area (Å²) in [4.78, 5) is 21.2. The van der Waals surface area contributed by atoms with Gasteiger partial charge in [-0.15, -0.1) is 0 Å². The Kier molecular flexibility index (Phi) is 12.8. The maximum Gasteiger partial charge on any atom is 2.00 e. The molecule has 20 heavy (non-hydrogen) atoms. The van der Waals surface area contributed by atoms with Crippen LogP contribution in [0.15, 0.2) is 29.2 Å². The molecule has 0 saturated heterocycles. The fraction of sp³-hybridized carbons (Fsp3) is 0.273. The average molecular weight is 551 g/mol. The Bertz CT molecular complexity index is 568.